The predicted molar refractivity (Wildman–Crippen MR) is 85.7 cm³/mol. The Morgan fingerprint density at radius 1 is 1.14 bits per heavy atom. The molecule has 0 fully saturated rings. The van der Waals surface area contributed by atoms with E-state index in [-0.39, 0.29) is 0 Å². The zero-order valence-electron chi connectivity index (χ0n) is 13.2. The summed E-state index contributed by atoms with van der Waals surface area (Å²) in [7, 11) is 5.74. The van der Waals surface area contributed by atoms with Crippen LogP contribution < -0.4 is 10.1 Å². The molecule has 114 valence electrons. The van der Waals surface area contributed by atoms with Gasteiger partial charge in [0.15, 0.2) is 0 Å². The first-order valence-corrected chi connectivity index (χ1v) is 7.50. The minimum absolute atomic E-state index is 0.530. The van der Waals surface area contributed by atoms with Crippen molar-refractivity contribution in [3.8, 4) is 5.75 Å². The van der Waals surface area contributed by atoms with Crippen molar-refractivity contribution in [3.63, 3.8) is 0 Å². The van der Waals surface area contributed by atoms with Gasteiger partial charge < -0.3 is 10.1 Å². The minimum atomic E-state index is 0.530. The van der Waals surface area contributed by atoms with Crippen molar-refractivity contribution < 1.29 is 4.74 Å². The van der Waals surface area contributed by atoms with Crippen LogP contribution in [0.15, 0.2) is 36.5 Å². The molecule has 0 amide bonds. The van der Waals surface area contributed by atoms with E-state index in [2.05, 4.69) is 28.6 Å². The Morgan fingerprint density at radius 2 is 1.86 bits per heavy atom. The number of methoxy groups -OCH3 is 1. The minimum Gasteiger partial charge on any atom is -0.497 e. The highest BCUT2D eigenvalue weighted by molar-refractivity contribution is 5.27. The van der Waals surface area contributed by atoms with Gasteiger partial charge in [-0.15, -0.1) is 0 Å². The van der Waals surface area contributed by atoms with Gasteiger partial charge in [-0.2, -0.15) is 5.10 Å². The summed E-state index contributed by atoms with van der Waals surface area (Å²) in [4.78, 5) is 0. The van der Waals surface area contributed by atoms with Gasteiger partial charge in [-0.25, -0.2) is 0 Å². The summed E-state index contributed by atoms with van der Waals surface area (Å²) in [5, 5.41) is 7.64. The van der Waals surface area contributed by atoms with Crippen LogP contribution in [0, 0.1) is 0 Å². The molecule has 0 radical (unpaired) electrons. The average molecular weight is 287 g/mol. The van der Waals surface area contributed by atoms with E-state index in [1.54, 1.807) is 7.11 Å². The summed E-state index contributed by atoms with van der Waals surface area (Å²) >= 11 is 0. The van der Waals surface area contributed by atoms with Crippen LogP contribution in [0.3, 0.4) is 0 Å². The predicted octanol–water partition coefficient (Wildman–Crippen LogP) is 2.58. The van der Waals surface area contributed by atoms with E-state index in [0.717, 1.165) is 31.4 Å². The van der Waals surface area contributed by atoms with E-state index in [1.807, 2.05) is 37.1 Å². The van der Waals surface area contributed by atoms with Gasteiger partial charge in [-0.05, 0) is 56.5 Å². The molecule has 1 aromatic carbocycles. The van der Waals surface area contributed by atoms with Gasteiger partial charge in [0, 0.05) is 25.0 Å². The topological polar surface area (TPSA) is 39.1 Å². The number of nitrogens with one attached hydrogen (secondary N) is 1. The zero-order valence-corrected chi connectivity index (χ0v) is 13.2. The van der Waals surface area contributed by atoms with Crippen molar-refractivity contribution in [3.05, 3.63) is 47.8 Å². The zero-order chi connectivity index (χ0) is 15.1. The Bertz CT molecular complexity index is 533. The molecule has 21 heavy (non-hydrogen) atoms. The van der Waals surface area contributed by atoms with Crippen molar-refractivity contribution in [2.24, 2.45) is 7.05 Å². The van der Waals surface area contributed by atoms with Crippen LogP contribution in [-0.2, 0) is 19.9 Å². The SMILES string of the molecule is CNC(CCc1ccc(OC)cc1)CCc1ccnn1C. The molecular weight excluding hydrogens is 262 g/mol. The lowest BCUT2D eigenvalue weighted by atomic mass is 10.0. The number of aromatic nitrogens is 2. The monoisotopic (exact) mass is 287 g/mol. The molecule has 0 spiro atoms. The smallest absolute Gasteiger partial charge is 0.118 e. The van der Waals surface area contributed by atoms with Crippen LogP contribution in [0.4, 0.5) is 0 Å². The summed E-state index contributed by atoms with van der Waals surface area (Å²) in [5.41, 5.74) is 2.65. The van der Waals surface area contributed by atoms with E-state index in [0.29, 0.717) is 6.04 Å². The van der Waals surface area contributed by atoms with Gasteiger partial charge in [0.1, 0.15) is 5.75 Å². The summed E-state index contributed by atoms with van der Waals surface area (Å²) in [6.07, 6.45) is 6.28. The molecule has 0 saturated carbocycles. The lowest BCUT2D eigenvalue weighted by Crippen LogP contribution is -2.26. The maximum Gasteiger partial charge on any atom is 0.118 e. The maximum atomic E-state index is 5.19. The van der Waals surface area contributed by atoms with Gasteiger partial charge in [0.05, 0.1) is 7.11 Å². The molecule has 4 nitrogen and oxygen atoms in total. The second kappa shape index (κ2) is 7.84. The Hall–Kier alpha value is -1.81. The fraction of sp³-hybridized carbons (Fsp3) is 0.471. The lowest BCUT2D eigenvalue weighted by Gasteiger charge is -2.16. The normalized spacial score (nSPS) is 12.3. The third-order valence-electron chi connectivity index (χ3n) is 4.02. The molecule has 1 heterocycles. The van der Waals surface area contributed by atoms with Gasteiger partial charge in [0.25, 0.3) is 0 Å². The third kappa shape index (κ3) is 4.60. The van der Waals surface area contributed by atoms with Crippen LogP contribution in [-0.4, -0.2) is 30.0 Å². The van der Waals surface area contributed by atoms with Crippen LogP contribution in [0.2, 0.25) is 0 Å². The molecule has 1 atom stereocenters. The first kappa shape index (κ1) is 15.6. The summed E-state index contributed by atoms with van der Waals surface area (Å²) in [6, 6.07) is 11.0. The van der Waals surface area contributed by atoms with Crippen LogP contribution in [0.1, 0.15) is 24.1 Å². The maximum absolute atomic E-state index is 5.19. The molecule has 0 saturated heterocycles. The fourth-order valence-corrected chi connectivity index (χ4v) is 2.53. The Labute approximate surface area is 127 Å². The fourth-order valence-electron chi connectivity index (χ4n) is 2.53. The summed E-state index contributed by atoms with van der Waals surface area (Å²) < 4.78 is 7.14. The van der Waals surface area contributed by atoms with Crippen molar-refractivity contribution in [1.29, 1.82) is 0 Å². The first-order valence-electron chi connectivity index (χ1n) is 7.50. The first-order chi connectivity index (χ1) is 10.2. The summed E-state index contributed by atoms with van der Waals surface area (Å²) in [5.74, 6) is 0.917. The average Bonchev–Trinajstić information content (AvgIpc) is 2.93. The highest BCUT2D eigenvalue weighted by atomic mass is 16.5. The largest absolute Gasteiger partial charge is 0.497 e. The quantitative estimate of drug-likeness (QED) is 0.811. The van der Waals surface area contributed by atoms with E-state index in [4.69, 9.17) is 4.74 Å². The highest BCUT2D eigenvalue weighted by Crippen LogP contribution is 2.14. The molecule has 4 heteroatoms. The van der Waals surface area contributed by atoms with Crippen LogP contribution >= 0.6 is 0 Å². The Morgan fingerprint density at radius 3 is 2.43 bits per heavy atom. The van der Waals surface area contributed by atoms with E-state index in [1.165, 1.54) is 11.3 Å². The standard InChI is InChI=1S/C17H25N3O/c1-18-15(8-9-16-12-13-19-20(16)2)7-4-14-5-10-17(21-3)11-6-14/h5-6,10-13,15,18H,4,7-9H2,1-3H3. The van der Waals surface area contributed by atoms with Crippen molar-refractivity contribution in [2.75, 3.05) is 14.2 Å². The van der Waals surface area contributed by atoms with Gasteiger partial charge in [-0.1, -0.05) is 12.1 Å². The molecule has 2 rings (SSSR count). The van der Waals surface area contributed by atoms with Crippen molar-refractivity contribution in [2.45, 2.75) is 31.7 Å². The number of benzene rings is 1. The van der Waals surface area contributed by atoms with Crippen molar-refractivity contribution in [1.82, 2.24) is 15.1 Å². The Balaban J connectivity index is 1.80. The molecule has 1 N–H and O–H groups in total. The number of rotatable bonds is 8. The van der Waals surface area contributed by atoms with E-state index >= 15 is 0 Å². The Kier molecular flexibility index (Phi) is 5.81. The molecule has 1 aromatic heterocycles. The molecular formula is C17H25N3O. The van der Waals surface area contributed by atoms with Gasteiger partial charge >= 0.3 is 0 Å². The van der Waals surface area contributed by atoms with E-state index in [9.17, 15) is 0 Å². The van der Waals surface area contributed by atoms with Crippen LogP contribution in [0.5, 0.6) is 5.75 Å². The number of aryl methyl sites for hydroxylation is 3. The molecule has 0 aliphatic carbocycles. The van der Waals surface area contributed by atoms with Gasteiger partial charge in [-0.3, -0.25) is 4.68 Å². The molecule has 0 bridgehead atoms. The number of hydrogen-bond acceptors (Lipinski definition) is 3. The third-order valence-corrected chi connectivity index (χ3v) is 4.02. The molecule has 0 aliphatic rings. The van der Waals surface area contributed by atoms with E-state index < -0.39 is 0 Å². The molecule has 2 aromatic rings. The molecule has 0 aliphatic heterocycles. The second-order valence-corrected chi connectivity index (χ2v) is 5.36. The second-order valence-electron chi connectivity index (χ2n) is 5.36. The number of hydrogen-bond donors (Lipinski definition) is 1. The molecule has 1 unspecified atom stereocenters. The summed E-state index contributed by atoms with van der Waals surface area (Å²) in [6.45, 7) is 0. The number of nitrogens with zero attached hydrogens (tertiary/aromatic N) is 2. The van der Waals surface area contributed by atoms with Crippen molar-refractivity contribution >= 4 is 0 Å². The van der Waals surface area contributed by atoms with Crippen LogP contribution in [0.25, 0.3) is 0 Å². The number of ether oxygens (including phenoxy) is 1. The highest BCUT2D eigenvalue weighted by Gasteiger charge is 2.08. The lowest BCUT2D eigenvalue weighted by molar-refractivity contribution is 0.414. The van der Waals surface area contributed by atoms with Gasteiger partial charge in [0.2, 0.25) is 0 Å².